The molecular weight excluding hydrogens is 311 g/mol. The van der Waals surface area contributed by atoms with Gasteiger partial charge in [-0.15, -0.1) is 0 Å². The van der Waals surface area contributed by atoms with Crippen molar-refractivity contribution in [3.63, 3.8) is 0 Å². The molecule has 0 saturated heterocycles. The van der Waals surface area contributed by atoms with Gasteiger partial charge in [-0.3, -0.25) is 0 Å². The first-order chi connectivity index (χ1) is 11.7. The summed E-state index contributed by atoms with van der Waals surface area (Å²) < 4.78 is 2.25. The first-order valence-electron chi connectivity index (χ1n) is 8.33. The molecule has 1 atom stereocenters. The van der Waals surface area contributed by atoms with E-state index in [1.54, 1.807) is 0 Å². The van der Waals surface area contributed by atoms with E-state index >= 15 is 0 Å². The molecule has 3 aromatic carbocycles. The van der Waals surface area contributed by atoms with Crippen LogP contribution in [0.3, 0.4) is 0 Å². The van der Waals surface area contributed by atoms with E-state index in [0.717, 1.165) is 12.8 Å². The molecule has 3 heteroatoms. The summed E-state index contributed by atoms with van der Waals surface area (Å²) in [6, 6.07) is 22.0. The van der Waals surface area contributed by atoms with Gasteiger partial charge in [-0.1, -0.05) is 42.5 Å². The van der Waals surface area contributed by atoms with Gasteiger partial charge in [-0.05, 0) is 44.3 Å². The zero-order valence-electron chi connectivity index (χ0n) is 13.7. The van der Waals surface area contributed by atoms with Gasteiger partial charge in [-0.2, -0.15) is 0 Å². The Morgan fingerprint density at radius 3 is 2.17 bits per heavy atom. The summed E-state index contributed by atoms with van der Waals surface area (Å²) in [5, 5.41) is 0. The summed E-state index contributed by atoms with van der Waals surface area (Å²) in [4.78, 5) is 2.37. The number of hydrogen-bond donors (Lipinski definition) is 0. The van der Waals surface area contributed by atoms with Gasteiger partial charge in [0, 0.05) is 42.5 Å². The van der Waals surface area contributed by atoms with Crippen molar-refractivity contribution in [1.82, 2.24) is 0 Å². The maximum Gasteiger partial charge on any atom is 0.0501 e. The van der Waals surface area contributed by atoms with E-state index in [2.05, 4.69) is 86.7 Å². The Bertz CT molecular complexity index is 964. The van der Waals surface area contributed by atoms with Crippen molar-refractivity contribution >= 4 is 32.1 Å². The van der Waals surface area contributed by atoms with Crippen LogP contribution in [0, 0.1) is 0 Å². The van der Waals surface area contributed by atoms with Gasteiger partial charge in [0.05, 0.1) is 5.69 Å². The third-order valence-electron chi connectivity index (χ3n) is 5.29. The van der Waals surface area contributed by atoms with Crippen LogP contribution in [0.15, 0.2) is 60.7 Å². The smallest absolute Gasteiger partial charge is 0.0501 e. The van der Waals surface area contributed by atoms with Crippen molar-refractivity contribution in [2.75, 3.05) is 16.6 Å². The van der Waals surface area contributed by atoms with Crippen LogP contribution in [-0.4, -0.2) is 7.05 Å². The van der Waals surface area contributed by atoms with Gasteiger partial charge in [0.15, 0.2) is 0 Å². The summed E-state index contributed by atoms with van der Waals surface area (Å²) in [6.45, 7) is 0. The number of para-hydroxylation sites is 2. The van der Waals surface area contributed by atoms with Crippen molar-refractivity contribution in [1.29, 1.82) is 0 Å². The van der Waals surface area contributed by atoms with Crippen LogP contribution in [-0.2, 0) is 12.8 Å². The van der Waals surface area contributed by atoms with Crippen LogP contribution < -0.4 is 9.57 Å². The Morgan fingerprint density at radius 2 is 1.38 bits per heavy atom. The zero-order valence-corrected chi connectivity index (χ0v) is 14.8. The Hall–Kier alpha value is -2.31. The SMILES string of the molecule is CN1c2ccccc2Cc2ccc3c(c21)Cc1ccccc1N3P. The Kier molecular flexibility index (Phi) is 2.98. The van der Waals surface area contributed by atoms with Crippen molar-refractivity contribution in [2.24, 2.45) is 0 Å². The lowest BCUT2D eigenvalue weighted by atomic mass is 9.88. The lowest BCUT2D eigenvalue weighted by molar-refractivity contribution is 1.01. The van der Waals surface area contributed by atoms with Crippen LogP contribution in [0.25, 0.3) is 0 Å². The van der Waals surface area contributed by atoms with Crippen molar-refractivity contribution in [2.45, 2.75) is 12.8 Å². The van der Waals surface area contributed by atoms with Crippen LogP contribution in [0.4, 0.5) is 22.7 Å². The molecule has 24 heavy (non-hydrogen) atoms. The second-order valence-corrected chi connectivity index (χ2v) is 7.13. The number of anilines is 4. The summed E-state index contributed by atoms with van der Waals surface area (Å²) in [6.07, 6.45) is 2.01. The van der Waals surface area contributed by atoms with Gasteiger partial charge in [0.1, 0.15) is 0 Å². The summed E-state index contributed by atoms with van der Waals surface area (Å²) >= 11 is 0. The van der Waals surface area contributed by atoms with Gasteiger partial charge in [0.2, 0.25) is 0 Å². The first-order valence-corrected chi connectivity index (χ1v) is 8.85. The minimum Gasteiger partial charge on any atom is -0.344 e. The molecule has 3 aromatic rings. The average molecular weight is 330 g/mol. The van der Waals surface area contributed by atoms with E-state index in [1.807, 2.05) is 0 Å². The maximum absolute atomic E-state index is 2.89. The van der Waals surface area contributed by atoms with E-state index in [-0.39, 0.29) is 0 Å². The van der Waals surface area contributed by atoms with Crippen molar-refractivity contribution < 1.29 is 0 Å². The highest BCUT2D eigenvalue weighted by Gasteiger charge is 2.28. The highest BCUT2D eigenvalue weighted by Crippen LogP contribution is 2.49. The Balaban J connectivity index is 1.72. The molecule has 0 amide bonds. The molecular formula is C21H19N2P. The predicted molar refractivity (Wildman–Crippen MR) is 105 cm³/mol. The molecule has 0 saturated carbocycles. The first kappa shape index (κ1) is 14.1. The van der Waals surface area contributed by atoms with Crippen LogP contribution in [0.1, 0.15) is 22.3 Å². The molecule has 0 aromatic heterocycles. The maximum atomic E-state index is 2.89. The molecule has 2 aliphatic rings. The topological polar surface area (TPSA) is 6.48 Å². The molecule has 0 spiro atoms. The number of nitrogens with zero attached hydrogens (tertiary/aromatic N) is 2. The second kappa shape index (κ2) is 5.09. The van der Waals surface area contributed by atoms with E-state index < -0.39 is 0 Å². The summed E-state index contributed by atoms with van der Waals surface area (Å²) in [5.41, 5.74) is 10.9. The van der Waals surface area contributed by atoms with Crippen molar-refractivity contribution in [3.8, 4) is 0 Å². The molecule has 2 nitrogen and oxygen atoms in total. The summed E-state index contributed by atoms with van der Waals surface area (Å²) in [5.74, 6) is 0. The average Bonchev–Trinajstić information content (AvgIpc) is 2.62. The number of benzene rings is 3. The molecule has 0 N–H and O–H groups in total. The fourth-order valence-electron chi connectivity index (χ4n) is 4.16. The lowest BCUT2D eigenvalue weighted by Gasteiger charge is -2.37. The van der Waals surface area contributed by atoms with E-state index in [1.165, 1.54) is 45.0 Å². The molecule has 118 valence electrons. The highest BCUT2D eigenvalue weighted by atomic mass is 31.0. The Morgan fingerprint density at radius 1 is 0.708 bits per heavy atom. The van der Waals surface area contributed by atoms with Gasteiger partial charge < -0.3 is 9.57 Å². The van der Waals surface area contributed by atoms with Gasteiger partial charge in [-0.25, -0.2) is 0 Å². The predicted octanol–water partition coefficient (Wildman–Crippen LogP) is 5.19. The number of fused-ring (bicyclic) bond motifs is 5. The number of hydrogen-bond acceptors (Lipinski definition) is 2. The summed E-state index contributed by atoms with van der Waals surface area (Å²) in [7, 11) is 5.09. The molecule has 0 aliphatic carbocycles. The molecule has 0 fully saturated rings. The van der Waals surface area contributed by atoms with Crippen molar-refractivity contribution in [3.05, 3.63) is 82.9 Å². The van der Waals surface area contributed by atoms with Gasteiger partial charge >= 0.3 is 0 Å². The van der Waals surface area contributed by atoms with Crippen LogP contribution >= 0.6 is 9.39 Å². The van der Waals surface area contributed by atoms with Crippen LogP contribution in [0.2, 0.25) is 0 Å². The second-order valence-electron chi connectivity index (χ2n) is 6.61. The van der Waals surface area contributed by atoms with E-state index in [9.17, 15) is 0 Å². The normalized spacial score (nSPS) is 14.6. The molecule has 0 radical (unpaired) electrons. The molecule has 5 rings (SSSR count). The van der Waals surface area contributed by atoms with E-state index in [4.69, 9.17) is 0 Å². The molecule has 2 heterocycles. The number of rotatable bonds is 0. The lowest BCUT2D eigenvalue weighted by Crippen LogP contribution is -2.23. The minimum atomic E-state index is 0.992. The third kappa shape index (κ3) is 1.87. The minimum absolute atomic E-state index is 0.992. The third-order valence-corrected chi connectivity index (χ3v) is 5.85. The largest absolute Gasteiger partial charge is 0.344 e. The molecule has 1 unspecified atom stereocenters. The van der Waals surface area contributed by atoms with Crippen LogP contribution in [0.5, 0.6) is 0 Å². The molecule has 2 aliphatic heterocycles. The monoisotopic (exact) mass is 330 g/mol. The zero-order chi connectivity index (χ0) is 16.3. The van der Waals surface area contributed by atoms with E-state index in [0.29, 0.717) is 0 Å². The quantitative estimate of drug-likeness (QED) is 0.523. The standard InChI is InChI=1S/C21H19N2P/c1-22-18-8-4-2-6-14(18)12-16-10-11-20-17(21(16)22)13-15-7-3-5-9-19(15)23(20)24/h2-11H,12-13,24H2,1H3. The molecule has 0 bridgehead atoms. The fraction of sp³-hybridized carbons (Fsp3) is 0.143. The Labute approximate surface area is 145 Å². The fourth-order valence-corrected chi connectivity index (χ4v) is 4.66. The van der Waals surface area contributed by atoms with Gasteiger partial charge in [0.25, 0.3) is 0 Å². The highest BCUT2D eigenvalue weighted by molar-refractivity contribution is 7.20.